The number of amides is 1. The summed E-state index contributed by atoms with van der Waals surface area (Å²) in [5.74, 6) is -2.10. The van der Waals surface area contributed by atoms with Crippen molar-refractivity contribution < 1.29 is 32.6 Å². The summed E-state index contributed by atoms with van der Waals surface area (Å²) in [5.41, 5.74) is 2.65. The van der Waals surface area contributed by atoms with Crippen molar-refractivity contribution >= 4 is 11.9 Å². The summed E-state index contributed by atoms with van der Waals surface area (Å²) < 4.78 is 37.8. The number of likely N-dealkylation sites (tertiary alicyclic amines) is 1. The van der Waals surface area contributed by atoms with Gasteiger partial charge >= 0.3 is 12.1 Å². The van der Waals surface area contributed by atoms with Crippen molar-refractivity contribution in [2.45, 2.75) is 44.7 Å². The number of nitrogens with zero attached hydrogens (tertiary/aromatic N) is 2. The van der Waals surface area contributed by atoms with Crippen LogP contribution in [0.2, 0.25) is 0 Å². The number of carboxylic acids is 1. The molecule has 3 atom stereocenters. The highest BCUT2D eigenvalue weighted by atomic mass is 19.4. The minimum absolute atomic E-state index is 0.111. The second-order valence-electron chi connectivity index (χ2n) is 7.70. The second-order valence-corrected chi connectivity index (χ2v) is 7.70. The summed E-state index contributed by atoms with van der Waals surface area (Å²) in [5, 5.41) is 7.12. The van der Waals surface area contributed by atoms with Crippen LogP contribution in [0.5, 0.6) is 0 Å². The maximum Gasteiger partial charge on any atom is 0.490 e. The zero-order valence-corrected chi connectivity index (χ0v) is 16.8. The van der Waals surface area contributed by atoms with E-state index in [9.17, 15) is 18.0 Å². The third kappa shape index (κ3) is 6.71. The quantitative estimate of drug-likeness (QED) is 0.821. The Labute approximate surface area is 168 Å². The number of hydrogen-bond acceptors (Lipinski definition) is 4. The van der Waals surface area contributed by atoms with E-state index in [0.717, 1.165) is 32.5 Å². The van der Waals surface area contributed by atoms with Crippen LogP contribution in [0.1, 0.15) is 24.0 Å². The summed E-state index contributed by atoms with van der Waals surface area (Å²) in [7, 11) is 3.61. The Bertz CT molecular complexity index is 707. The summed E-state index contributed by atoms with van der Waals surface area (Å²) in [6.45, 7) is 5.12. The van der Waals surface area contributed by atoms with E-state index in [1.807, 2.05) is 0 Å². The third-order valence-electron chi connectivity index (χ3n) is 5.12. The summed E-state index contributed by atoms with van der Waals surface area (Å²) in [6.07, 6.45) is -3.08. The van der Waals surface area contributed by atoms with E-state index in [-0.39, 0.29) is 18.1 Å². The molecule has 0 aromatic heterocycles. The van der Waals surface area contributed by atoms with E-state index in [2.05, 4.69) is 36.1 Å². The Hall–Kier alpha value is -2.13. The van der Waals surface area contributed by atoms with Gasteiger partial charge in [-0.1, -0.05) is 29.8 Å². The van der Waals surface area contributed by atoms with Crippen LogP contribution < -0.4 is 0 Å². The number of carbonyl (C=O) groups is 2. The van der Waals surface area contributed by atoms with Gasteiger partial charge in [-0.25, -0.2) is 4.79 Å². The molecule has 0 saturated carbocycles. The number of aliphatic carboxylic acids is 1. The first-order valence-electron chi connectivity index (χ1n) is 9.42. The minimum atomic E-state index is -5.08. The molecule has 1 aromatic carbocycles. The van der Waals surface area contributed by atoms with Gasteiger partial charge in [-0.15, -0.1) is 0 Å². The van der Waals surface area contributed by atoms with Crippen LogP contribution in [0.25, 0.3) is 0 Å². The number of piperidine rings is 1. The molecule has 2 heterocycles. The number of benzene rings is 1. The molecule has 0 aliphatic carbocycles. The predicted octanol–water partition coefficient (Wildman–Crippen LogP) is 2.70. The maximum absolute atomic E-state index is 12.1. The van der Waals surface area contributed by atoms with Crippen molar-refractivity contribution in [1.29, 1.82) is 0 Å². The van der Waals surface area contributed by atoms with Gasteiger partial charge in [0.2, 0.25) is 0 Å². The molecule has 162 valence electrons. The Kier molecular flexibility index (Phi) is 7.65. The second kappa shape index (κ2) is 9.58. The molecule has 0 bridgehead atoms. The van der Waals surface area contributed by atoms with Crippen LogP contribution in [0.15, 0.2) is 24.3 Å². The Morgan fingerprint density at radius 1 is 1.24 bits per heavy atom. The molecule has 0 spiro atoms. The zero-order chi connectivity index (χ0) is 21.8. The highest BCUT2D eigenvalue weighted by Gasteiger charge is 2.42. The number of alkyl halides is 3. The van der Waals surface area contributed by atoms with E-state index in [1.54, 1.807) is 19.0 Å². The number of hydrogen-bond donors (Lipinski definition) is 1. The molecule has 1 aromatic rings. The fourth-order valence-corrected chi connectivity index (χ4v) is 3.54. The number of rotatable bonds is 3. The number of halogens is 3. The maximum atomic E-state index is 12.1. The van der Waals surface area contributed by atoms with Crippen LogP contribution in [0, 0.1) is 12.8 Å². The molecule has 2 fully saturated rings. The molecule has 1 N–H and O–H groups in total. The minimum Gasteiger partial charge on any atom is -0.475 e. The number of ether oxygens (including phenoxy) is 1. The van der Waals surface area contributed by atoms with Crippen molar-refractivity contribution in [2.24, 2.45) is 5.92 Å². The van der Waals surface area contributed by atoms with Gasteiger partial charge < -0.3 is 14.7 Å². The first-order chi connectivity index (χ1) is 13.5. The predicted molar refractivity (Wildman–Crippen MR) is 100 cm³/mol. The molecule has 1 amide bonds. The monoisotopic (exact) mass is 416 g/mol. The fourth-order valence-electron chi connectivity index (χ4n) is 3.54. The third-order valence-corrected chi connectivity index (χ3v) is 5.12. The number of likely N-dealkylation sites (N-methyl/N-ethyl adjacent to an activating group) is 1. The zero-order valence-electron chi connectivity index (χ0n) is 16.8. The molecule has 6 nitrogen and oxygen atoms in total. The molecule has 29 heavy (non-hydrogen) atoms. The molecule has 2 saturated heterocycles. The highest BCUT2D eigenvalue weighted by Crippen LogP contribution is 2.34. The number of fused-ring (bicyclic) bond motifs is 1. The summed E-state index contributed by atoms with van der Waals surface area (Å²) in [4.78, 5) is 25.1. The van der Waals surface area contributed by atoms with E-state index < -0.39 is 12.1 Å². The Morgan fingerprint density at radius 2 is 1.83 bits per heavy atom. The number of aryl methyl sites for hydroxylation is 1. The van der Waals surface area contributed by atoms with Crippen molar-refractivity contribution in [1.82, 2.24) is 9.80 Å². The van der Waals surface area contributed by atoms with Gasteiger partial charge in [-0.3, -0.25) is 9.69 Å². The molecule has 0 unspecified atom stereocenters. The van der Waals surface area contributed by atoms with Crippen LogP contribution in [0.4, 0.5) is 13.2 Å². The largest absolute Gasteiger partial charge is 0.490 e. The lowest BCUT2D eigenvalue weighted by Gasteiger charge is -2.34. The first-order valence-corrected chi connectivity index (χ1v) is 9.42. The Morgan fingerprint density at radius 3 is 2.34 bits per heavy atom. The smallest absolute Gasteiger partial charge is 0.475 e. The Balaban J connectivity index is 0.000000370. The van der Waals surface area contributed by atoms with Gasteiger partial charge in [0.1, 0.15) is 6.10 Å². The van der Waals surface area contributed by atoms with E-state index in [0.29, 0.717) is 5.92 Å². The van der Waals surface area contributed by atoms with Gasteiger partial charge in [0.25, 0.3) is 5.91 Å². The lowest BCUT2D eigenvalue weighted by atomic mass is 9.91. The van der Waals surface area contributed by atoms with Crippen molar-refractivity contribution in [3.8, 4) is 0 Å². The number of carbonyl (C=O) groups excluding carboxylic acids is 1. The first kappa shape index (κ1) is 23.2. The lowest BCUT2D eigenvalue weighted by Crippen LogP contribution is -2.42. The molecule has 2 aliphatic heterocycles. The van der Waals surface area contributed by atoms with Crippen LogP contribution in [-0.4, -0.2) is 72.4 Å². The van der Waals surface area contributed by atoms with Crippen molar-refractivity contribution in [3.05, 3.63) is 35.4 Å². The number of carboxylic acid groups (broad SMARTS) is 1. The van der Waals surface area contributed by atoms with Crippen molar-refractivity contribution in [2.75, 3.05) is 27.2 Å². The summed E-state index contributed by atoms with van der Waals surface area (Å²) in [6, 6.07) is 8.74. The SMILES string of the molecule is Cc1ccc(CN2CC[C@H]3C[C@@H](C(=O)N(C)C)O[C@@H]3C2)cc1.O=C(O)C(F)(F)F. The van der Waals surface area contributed by atoms with Crippen LogP contribution >= 0.6 is 0 Å². The van der Waals surface area contributed by atoms with E-state index in [1.165, 1.54) is 11.1 Å². The molecule has 9 heteroatoms. The normalized spacial score (nSPS) is 24.3. The van der Waals surface area contributed by atoms with Gasteiger partial charge in [-0.05, 0) is 37.8 Å². The molecular weight excluding hydrogens is 389 g/mol. The van der Waals surface area contributed by atoms with E-state index >= 15 is 0 Å². The standard InChI is InChI=1S/C18H26N2O2.C2HF3O2/c1-13-4-6-14(7-5-13)11-20-9-8-15-10-16(18(21)19(2)3)22-17(15)12-20;3-2(4,5)1(6)7/h4-7,15-17H,8-12H2,1-3H3;(H,6,7)/t15-,16-,17+;/m0./s1. The highest BCUT2D eigenvalue weighted by molar-refractivity contribution is 5.80. The molecule has 0 radical (unpaired) electrons. The van der Waals surface area contributed by atoms with Gasteiger partial charge in [0, 0.05) is 27.2 Å². The molecule has 2 aliphatic rings. The van der Waals surface area contributed by atoms with Crippen LogP contribution in [-0.2, 0) is 20.9 Å². The van der Waals surface area contributed by atoms with Gasteiger partial charge in [0.05, 0.1) is 6.10 Å². The van der Waals surface area contributed by atoms with E-state index in [4.69, 9.17) is 14.6 Å². The average molecular weight is 416 g/mol. The molecular formula is C20H27F3N2O4. The van der Waals surface area contributed by atoms with Gasteiger partial charge in [0.15, 0.2) is 0 Å². The topological polar surface area (TPSA) is 70.1 Å². The fraction of sp³-hybridized carbons (Fsp3) is 0.600. The van der Waals surface area contributed by atoms with Crippen LogP contribution in [0.3, 0.4) is 0 Å². The average Bonchev–Trinajstić information content (AvgIpc) is 3.06. The lowest BCUT2D eigenvalue weighted by molar-refractivity contribution is -0.192. The van der Waals surface area contributed by atoms with Gasteiger partial charge in [-0.2, -0.15) is 13.2 Å². The summed E-state index contributed by atoms with van der Waals surface area (Å²) >= 11 is 0. The molecule has 3 rings (SSSR count). The van der Waals surface area contributed by atoms with Crippen molar-refractivity contribution in [3.63, 3.8) is 0 Å².